The van der Waals surface area contributed by atoms with Gasteiger partial charge in [-0.3, -0.25) is 14.3 Å². The largest absolute Gasteiger partial charge is 0.493 e. The summed E-state index contributed by atoms with van der Waals surface area (Å²) in [5.41, 5.74) is 4.15. The van der Waals surface area contributed by atoms with Crippen molar-refractivity contribution in [3.63, 3.8) is 0 Å². The summed E-state index contributed by atoms with van der Waals surface area (Å²) in [5.74, 6) is 0.262. The fraction of sp³-hybridized carbons (Fsp3) is 0.200. The normalized spacial score (nSPS) is 14.3. The van der Waals surface area contributed by atoms with E-state index in [2.05, 4.69) is 15.7 Å². The van der Waals surface area contributed by atoms with Crippen molar-refractivity contribution in [1.29, 1.82) is 0 Å². The molecule has 2 aromatic carbocycles. The van der Waals surface area contributed by atoms with Crippen LogP contribution < -0.4 is 25.0 Å². The zero-order valence-corrected chi connectivity index (χ0v) is 20.6. The standard InChI is InChI=1S/C25H25N5O4S/c1-15-5-8-18(9-6-15)26-23(31)14-34-21-10-7-17(12-22(21)33-4)11-19-24(32)30(25(35)27-19)20-13-29(3)28-16(20)2/h5-13H,14H2,1-4H3,(H,26,31)(H,27,35)/b19-11+. The number of rotatable bonds is 7. The number of nitrogens with zero attached hydrogens (tertiary/aromatic N) is 3. The first-order chi connectivity index (χ1) is 16.7. The van der Waals surface area contributed by atoms with Crippen LogP contribution in [0.25, 0.3) is 6.08 Å². The summed E-state index contributed by atoms with van der Waals surface area (Å²) in [6.45, 7) is 3.61. The highest BCUT2D eigenvalue weighted by atomic mass is 32.1. The molecule has 4 rings (SSSR count). The van der Waals surface area contributed by atoms with E-state index in [1.165, 1.54) is 12.0 Å². The lowest BCUT2D eigenvalue weighted by atomic mass is 10.1. The number of anilines is 2. The van der Waals surface area contributed by atoms with E-state index in [1.54, 1.807) is 42.2 Å². The molecule has 1 fully saturated rings. The maximum atomic E-state index is 13.0. The van der Waals surface area contributed by atoms with Crippen LogP contribution in [0, 0.1) is 13.8 Å². The minimum Gasteiger partial charge on any atom is -0.493 e. The lowest BCUT2D eigenvalue weighted by Crippen LogP contribution is -2.30. The molecule has 2 heterocycles. The number of carbonyl (C=O) groups is 2. The minimum absolute atomic E-state index is 0.182. The second-order valence-corrected chi connectivity index (χ2v) is 8.40. The summed E-state index contributed by atoms with van der Waals surface area (Å²) < 4.78 is 12.7. The fourth-order valence-electron chi connectivity index (χ4n) is 3.60. The first-order valence-electron chi connectivity index (χ1n) is 10.8. The van der Waals surface area contributed by atoms with Crippen LogP contribution in [-0.4, -0.2) is 40.4 Å². The quantitative estimate of drug-likeness (QED) is 0.387. The van der Waals surface area contributed by atoms with Gasteiger partial charge in [0.2, 0.25) is 0 Å². The molecule has 35 heavy (non-hydrogen) atoms. The monoisotopic (exact) mass is 491 g/mol. The van der Waals surface area contributed by atoms with E-state index in [9.17, 15) is 9.59 Å². The van der Waals surface area contributed by atoms with Gasteiger partial charge in [-0.15, -0.1) is 0 Å². The number of thiocarbonyl (C=S) groups is 1. The highest BCUT2D eigenvalue weighted by Crippen LogP contribution is 2.30. The number of benzene rings is 2. The number of aryl methyl sites for hydroxylation is 3. The summed E-state index contributed by atoms with van der Waals surface area (Å²) >= 11 is 5.38. The highest BCUT2D eigenvalue weighted by molar-refractivity contribution is 7.80. The van der Waals surface area contributed by atoms with Gasteiger partial charge in [0, 0.05) is 18.9 Å². The molecule has 1 saturated heterocycles. The molecule has 0 spiro atoms. The van der Waals surface area contributed by atoms with Gasteiger partial charge >= 0.3 is 0 Å². The first-order valence-corrected chi connectivity index (χ1v) is 11.2. The predicted molar refractivity (Wildman–Crippen MR) is 137 cm³/mol. The molecule has 0 atom stereocenters. The van der Waals surface area contributed by atoms with Gasteiger partial charge in [-0.2, -0.15) is 5.10 Å². The minimum atomic E-state index is -0.290. The van der Waals surface area contributed by atoms with E-state index < -0.39 is 0 Å². The second-order valence-electron chi connectivity index (χ2n) is 8.02. The van der Waals surface area contributed by atoms with Crippen molar-refractivity contribution in [3.05, 3.63) is 71.2 Å². The van der Waals surface area contributed by atoms with Gasteiger partial charge in [-0.1, -0.05) is 23.8 Å². The highest BCUT2D eigenvalue weighted by Gasteiger charge is 2.34. The molecular formula is C25H25N5O4S. The molecule has 0 unspecified atom stereocenters. The van der Waals surface area contributed by atoms with Gasteiger partial charge in [0.1, 0.15) is 5.70 Å². The van der Waals surface area contributed by atoms with Gasteiger partial charge in [0.05, 0.1) is 18.5 Å². The molecule has 1 aromatic heterocycles. The third kappa shape index (κ3) is 5.33. The molecule has 180 valence electrons. The zero-order valence-electron chi connectivity index (χ0n) is 19.8. The fourth-order valence-corrected chi connectivity index (χ4v) is 3.89. The summed E-state index contributed by atoms with van der Waals surface area (Å²) in [7, 11) is 3.29. The molecular weight excluding hydrogens is 466 g/mol. The average molecular weight is 492 g/mol. The number of hydrogen-bond donors (Lipinski definition) is 2. The van der Waals surface area contributed by atoms with Crippen LogP contribution in [-0.2, 0) is 16.6 Å². The Morgan fingerprint density at radius 3 is 2.57 bits per heavy atom. The van der Waals surface area contributed by atoms with E-state index >= 15 is 0 Å². The van der Waals surface area contributed by atoms with Gasteiger partial charge in [-0.25, -0.2) is 4.90 Å². The Kier molecular flexibility index (Phi) is 6.83. The Bertz CT molecular complexity index is 1330. The Morgan fingerprint density at radius 1 is 1.17 bits per heavy atom. The Balaban J connectivity index is 1.45. The van der Waals surface area contributed by atoms with Crippen LogP contribution in [0.15, 0.2) is 54.4 Å². The van der Waals surface area contributed by atoms with Crippen LogP contribution in [0.1, 0.15) is 16.8 Å². The molecule has 0 bridgehead atoms. The number of hydrogen-bond acceptors (Lipinski definition) is 6. The molecule has 2 N–H and O–H groups in total. The maximum absolute atomic E-state index is 13.0. The molecule has 0 aliphatic carbocycles. The van der Waals surface area contributed by atoms with E-state index in [1.807, 2.05) is 38.1 Å². The molecule has 3 aromatic rings. The Hall–Kier alpha value is -4.18. The summed E-state index contributed by atoms with van der Waals surface area (Å²) in [6.07, 6.45) is 3.42. The lowest BCUT2D eigenvalue weighted by molar-refractivity contribution is -0.118. The number of ether oxygens (including phenoxy) is 2. The zero-order chi connectivity index (χ0) is 25.1. The van der Waals surface area contributed by atoms with Crippen LogP contribution in [0.3, 0.4) is 0 Å². The number of carbonyl (C=O) groups excluding carboxylic acids is 2. The number of amides is 2. The van der Waals surface area contributed by atoms with Crippen molar-refractivity contribution in [1.82, 2.24) is 15.1 Å². The lowest BCUT2D eigenvalue weighted by Gasteiger charge is -2.12. The summed E-state index contributed by atoms with van der Waals surface area (Å²) in [6, 6.07) is 12.7. The van der Waals surface area contributed by atoms with Gasteiger partial charge in [0.15, 0.2) is 23.2 Å². The molecule has 2 amide bonds. The number of nitrogens with one attached hydrogen (secondary N) is 2. The van der Waals surface area contributed by atoms with Crippen molar-refractivity contribution < 1.29 is 19.1 Å². The number of methoxy groups -OCH3 is 1. The van der Waals surface area contributed by atoms with Crippen molar-refractivity contribution >= 4 is 46.6 Å². The van der Waals surface area contributed by atoms with Crippen LogP contribution in [0.2, 0.25) is 0 Å². The van der Waals surface area contributed by atoms with E-state index in [0.717, 1.165) is 5.56 Å². The second kappa shape index (κ2) is 9.98. The van der Waals surface area contributed by atoms with E-state index in [-0.39, 0.29) is 23.5 Å². The van der Waals surface area contributed by atoms with Crippen LogP contribution in [0.4, 0.5) is 11.4 Å². The van der Waals surface area contributed by atoms with Crippen molar-refractivity contribution in [2.24, 2.45) is 7.05 Å². The SMILES string of the molecule is COc1cc(/C=C2/NC(=S)N(c3cn(C)nc3C)C2=O)ccc1OCC(=O)Nc1ccc(C)cc1. The first kappa shape index (κ1) is 24.0. The molecule has 9 nitrogen and oxygen atoms in total. The van der Waals surface area contributed by atoms with E-state index in [0.29, 0.717) is 39.8 Å². The van der Waals surface area contributed by atoms with E-state index in [4.69, 9.17) is 21.7 Å². The topological polar surface area (TPSA) is 97.7 Å². The molecule has 10 heteroatoms. The third-order valence-electron chi connectivity index (χ3n) is 5.30. The molecule has 1 aliphatic heterocycles. The molecule has 1 aliphatic rings. The Morgan fingerprint density at radius 2 is 1.91 bits per heavy atom. The van der Waals surface area contributed by atoms with Crippen LogP contribution in [0.5, 0.6) is 11.5 Å². The van der Waals surface area contributed by atoms with Gasteiger partial charge in [-0.05, 0) is 62.0 Å². The molecule has 0 radical (unpaired) electrons. The predicted octanol–water partition coefficient (Wildman–Crippen LogP) is 3.33. The maximum Gasteiger partial charge on any atom is 0.281 e. The van der Waals surface area contributed by atoms with Gasteiger partial charge in [0.25, 0.3) is 11.8 Å². The van der Waals surface area contributed by atoms with Crippen molar-refractivity contribution in [2.75, 3.05) is 23.9 Å². The summed E-state index contributed by atoms with van der Waals surface area (Å²) in [4.78, 5) is 26.7. The average Bonchev–Trinajstić information content (AvgIpc) is 3.30. The summed E-state index contributed by atoms with van der Waals surface area (Å²) in [5, 5.41) is 10.3. The molecule has 0 saturated carbocycles. The number of aromatic nitrogens is 2. The smallest absolute Gasteiger partial charge is 0.281 e. The van der Waals surface area contributed by atoms with Crippen molar-refractivity contribution in [2.45, 2.75) is 13.8 Å². The van der Waals surface area contributed by atoms with Crippen LogP contribution >= 0.6 is 12.2 Å². The third-order valence-corrected chi connectivity index (χ3v) is 5.58. The van der Waals surface area contributed by atoms with Gasteiger partial charge < -0.3 is 20.1 Å². The van der Waals surface area contributed by atoms with Crippen molar-refractivity contribution in [3.8, 4) is 11.5 Å². The Labute approximate surface area is 208 Å².